The molecule has 0 unspecified atom stereocenters. The third-order valence-electron chi connectivity index (χ3n) is 4.54. The fourth-order valence-corrected chi connectivity index (χ4v) is 4.68. The Balaban J connectivity index is 1.92. The van der Waals surface area contributed by atoms with Gasteiger partial charge in [0.15, 0.2) is 0 Å². The summed E-state index contributed by atoms with van der Waals surface area (Å²) in [5, 5.41) is 18.9. The lowest BCUT2D eigenvalue weighted by atomic mass is 9.78. The van der Waals surface area contributed by atoms with Crippen molar-refractivity contribution in [3.63, 3.8) is 0 Å². The van der Waals surface area contributed by atoms with Gasteiger partial charge in [-0.15, -0.1) is 0 Å². The van der Waals surface area contributed by atoms with Gasteiger partial charge in [0.05, 0.1) is 25.0 Å². The summed E-state index contributed by atoms with van der Waals surface area (Å²) >= 11 is 0. The number of halogens is 1. The topological polar surface area (TPSA) is 81.4 Å². The van der Waals surface area contributed by atoms with E-state index in [9.17, 15) is 23.2 Å². The lowest BCUT2D eigenvalue weighted by Gasteiger charge is -2.49. The Morgan fingerprint density at radius 2 is 1.84 bits per heavy atom. The van der Waals surface area contributed by atoms with E-state index in [0.29, 0.717) is 11.1 Å². The predicted molar refractivity (Wildman–Crippen MR) is 91.5 cm³/mol. The van der Waals surface area contributed by atoms with Crippen LogP contribution < -0.4 is 0 Å². The third kappa shape index (κ3) is 3.04. The number of benzene rings is 2. The smallest absolute Gasteiger partial charge is 0.212 e. The Hall–Kier alpha value is -2.27. The van der Waals surface area contributed by atoms with Gasteiger partial charge in [0.2, 0.25) is 10.0 Å². The number of aliphatic hydroxyl groups excluding tert-OH is 1. The van der Waals surface area contributed by atoms with E-state index < -0.39 is 28.0 Å². The fraction of sp³-hybridized carbons (Fsp3) is 0.278. The maximum absolute atomic E-state index is 13.9. The van der Waals surface area contributed by atoms with Crippen LogP contribution in [0.3, 0.4) is 0 Å². The summed E-state index contributed by atoms with van der Waals surface area (Å²) in [7, 11) is -3.59. The first kappa shape index (κ1) is 17.5. The maximum atomic E-state index is 13.9. The molecule has 3 atom stereocenters. The molecule has 130 valence electrons. The van der Waals surface area contributed by atoms with Crippen LogP contribution in [-0.4, -0.2) is 42.8 Å². The third-order valence-corrected chi connectivity index (χ3v) is 5.80. The van der Waals surface area contributed by atoms with Crippen molar-refractivity contribution < 1.29 is 17.9 Å². The molecule has 2 aromatic carbocycles. The van der Waals surface area contributed by atoms with Gasteiger partial charge >= 0.3 is 0 Å². The summed E-state index contributed by atoms with van der Waals surface area (Å²) in [6.45, 7) is -0.370. The summed E-state index contributed by atoms with van der Waals surface area (Å²) in [5.41, 5.74) is 1.90. The van der Waals surface area contributed by atoms with E-state index in [1.54, 1.807) is 42.5 Å². The van der Waals surface area contributed by atoms with E-state index in [0.717, 1.165) is 16.1 Å². The molecule has 2 aromatic rings. The largest absolute Gasteiger partial charge is 0.395 e. The monoisotopic (exact) mass is 360 g/mol. The molecule has 7 heteroatoms. The van der Waals surface area contributed by atoms with Gasteiger partial charge in [-0.1, -0.05) is 42.5 Å². The SMILES string of the molecule is CS(=O)(=O)N1[C@H](C#N)[C@@H](c2ccc(-c3ccccc3F)cc2)[C@@H]1CO. The minimum atomic E-state index is -3.59. The number of rotatable bonds is 4. The van der Waals surface area contributed by atoms with Crippen molar-refractivity contribution in [2.75, 3.05) is 12.9 Å². The van der Waals surface area contributed by atoms with Gasteiger partial charge in [-0.2, -0.15) is 9.57 Å². The molecular formula is C18H17FN2O3S. The molecule has 5 nitrogen and oxygen atoms in total. The number of nitrogens with zero attached hydrogens (tertiary/aromatic N) is 2. The molecule has 0 bridgehead atoms. The Morgan fingerprint density at radius 3 is 2.36 bits per heavy atom. The van der Waals surface area contributed by atoms with Crippen LogP contribution in [0.1, 0.15) is 11.5 Å². The average Bonchev–Trinajstić information content (AvgIpc) is 2.55. The fourth-order valence-electron chi connectivity index (χ4n) is 3.40. The summed E-state index contributed by atoms with van der Waals surface area (Å²) in [4.78, 5) is 0. The Kier molecular flexibility index (Phi) is 4.60. The van der Waals surface area contributed by atoms with Crippen LogP contribution in [-0.2, 0) is 10.0 Å². The number of nitriles is 1. The lowest BCUT2D eigenvalue weighted by molar-refractivity contribution is 0.0564. The van der Waals surface area contributed by atoms with Crippen molar-refractivity contribution in [2.24, 2.45) is 0 Å². The Bertz CT molecular complexity index is 922. The highest BCUT2D eigenvalue weighted by Crippen LogP contribution is 2.42. The molecule has 25 heavy (non-hydrogen) atoms. The quantitative estimate of drug-likeness (QED) is 0.905. The highest BCUT2D eigenvalue weighted by molar-refractivity contribution is 7.88. The highest BCUT2D eigenvalue weighted by Gasteiger charge is 2.53. The van der Waals surface area contributed by atoms with E-state index in [-0.39, 0.29) is 12.4 Å². The summed E-state index contributed by atoms with van der Waals surface area (Å²) in [6, 6.07) is 13.9. The maximum Gasteiger partial charge on any atom is 0.212 e. The average molecular weight is 360 g/mol. The van der Waals surface area contributed by atoms with Crippen molar-refractivity contribution in [2.45, 2.75) is 18.0 Å². The van der Waals surface area contributed by atoms with Crippen molar-refractivity contribution in [3.8, 4) is 17.2 Å². The summed E-state index contributed by atoms with van der Waals surface area (Å²) < 4.78 is 38.6. The molecule has 1 aliphatic heterocycles. The van der Waals surface area contributed by atoms with Crippen LogP contribution in [0.25, 0.3) is 11.1 Å². The molecule has 0 amide bonds. The van der Waals surface area contributed by atoms with Crippen molar-refractivity contribution in [3.05, 3.63) is 59.9 Å². The van der Waals surface area contributed by atoms with Crippen molar-refractivity contribution in [1.82, 2.24) is 4.31 Å². The molecule has 1 fully saturated rings. The summed E-state index contributed by atoms with van der Waals surface area (Å²) in [5.74, 6) is -0.746. The van der Waals surface area contributed by atoms with Gasteiger partial charge in [-0.25, -0.2) is 12.8 Å². The Morgan fingerprint density at radius 1 is 1.20 bits per heavy atom. The number of aliphatic hydroxyl groups is 1. The van der Waals surface area contributed by atoms with Crippen LogP contribution in [0.15, 0.2) is 48.5 Å². The number of hydrogen-bond donors (Lipinski definition) is 1. The first-order valence-electron chi connectivity index (χ1n) is 7.72. The zero-order valence-electron chi connectivity index (χ0n) is 13.5. The van der Waals surface area contributed by atoms with Crippen LogP contribution >= 0.6 is 0 Å². The molecule has 3 rings (SSSR count). The van der Waals surface area contributed by atoms with Gasteiger partial charge in [0.1, 0.15) is 11.9 Å². The molecule has 1 N–H and O–H groups in total. The minimum Gasteiger partial charge on any atom is -0.395 e. The predicted octanol–water partition coefficient (Wildman–Crippen LogP) is 2.10. The van der Waals surface area contributed by atoms with E-state index in [1.807, 2.05) is 6.07 Å². The summed E-state index contributed by atoms with van der Waals surface area (Å²) in [6.07, 6.45) is 1.03. The van der Waals surface area contributed by atoms with E-state index >= 15 is 0 Å². The molecule has 1 heterocycles. The van der Waals surface area contributed by atoms with E-state index in [2.05, 4.69) is 0 Å². The Labute approximate surface area is 146 Å². The van der Waals surface area contributed by atoms with E-state index in [4.69, 9.17) is 0 Å². The van der Waals surface area contributed by atoms with Crippen LogP contribution in [0.2, 0.25) is 0 Å². The minimum absolute atomic E-state index is 0.328. The molecule has 0 aromatic heterocycles. The van der Waals surface area contributed by atoms with Gasteiger partial charge < -0.3 is 5.11 Å². The molecular weight excluding hydrogens is 343 g/mol. The molecule has 1 aliphatic rings. The first-order chi connectivity index (χ1) is 11.9. The van der Waals surface area contributed by atoms with Crippen LogP contribution in [0.4, 0.5) is 4.39 Å². The van der Waals surface area contributed by atoms with Crippen molar-refractivity contribution >= 4 is 10.0 Å². The van der Waals surface area contributed by atoms with Gasteiger partial charge in [-0.3, -0.25) is 0 Å². The van der Waals surface area contributed by atoms with Crippen LogP contribution in [0, 0.1) is 17.1 Å². The molecule has 0 spiro atoms. The second-order valence-electron chi connectivity index (χ2n) is 6.04. The molecule has 0 radical (unpaired) electrons. The number of hydrogen-bond acceptors (Lipinski definition) is 4. The zero-order chi connectivity index (χ0) is 18.2. The normalized spacial score (nSPS) is 23.7. The van der Waals surface area contributed by atoms with Gasteiger partial charge in [0, 0.05) is 11.5 Å². The first-order valence-corrected chi connectivity index (χ1v) is 9.57. The highest BCUT2D eigenvalue weighted by atomic mass is 32.2. The molecule has 0 saturated carbocycles. The molecule has 1 saturated heterocycles. The van der Waals surface area contributed by atoms with Crippen molar-refractivity contribution in [1.29, 1.82) is 5.26 Å². The van der Waals surface area contributed by atoms with E-state index in [1.165, 1.54) is 6.07 Å². The zero-order valence-corrected chi connectivity index (χ0v) is 14.3. The lowest BCUT2D eigenvalue weighted by Crippen LogP contribution is -2.64. The molecule has 0 aliphatic carbocycles. The van der Waals surface area contributed by atoms with Crippen LogP contribution in [0.5, 0.6) is 0 Å². The van der Waals surface area contributed by atoms with Gasteiger partial charge in [-0.05, 0) is 17.2 Å². The second-order valence-corrected chi connectivity index (χ2v) is 7.93. The van der Waals surface area contributed by atoms with Gasteiger partial charge in [0.25, 0.3) is 0 Å². The standard InChI is InChI=1S/C18H17FN2O3S/c1-25(23,24)21-16(10-20)18(17(21)11-22)13-8-6-12(7-9-13)14-4-2-3-5-15(14)19/h2-9,16-18,22H,11H2,1H3/t16-,17+,18-/m1/s1. The number of sulfonamides is 1. The second kappa shape index (κ2) is 6.56.